The summed E-state index contributed by atoms with van der Waals surface area (Å²) >= 11 is 0. The molecule has 0 bridgehead atoms. The SMILES string of the molecule is O=C(O)CC(OCCN(CCOC(CCOO)C(=O)O)CC(=O)O)C(=O)O. The van der Waals surface area contributed by atoms with Crippen LogP contribution in [0.4, 0.5) is 0 Å². The molecular weight excluding hydrogens is 374 g/mol. The lowest BCUT2D eigenvalue weighted by molar-refractivity contribution is -0.246. The molecule has 0 aliphatic rings. The Bertz CT molecular complexity index is 496. The van der Waals surface area contributed by atoms with Gasteiger partial charge in [-0.3, -0.25) is 19.7 Å². The molecule has 0 aromatic rings. The van der Waals surface area contributed by atoms with Crippen LogP contribution in [-0.2, 0) is 33.5 Å². The Morgan fingerprint density at radius 2 is 1.30 bits per heavy atom. The van der Waals surface area contributed by atoms with Gasteiger partial charge in [-0.05, 0) is 0 Å². The Morgan fingerprint density at radius 3 is 1.70 bits per heavy atom. The Hall–Kier alpha value is -2.32. The molecule has 27 heavy (non-hydrogen) atoms. The maximum atomic E-state index is 11.0. The molecule has 5 N–H and O–H groups in total. The van der Waals surface area contributed by atoms with Gasteiger partial charge in [-0.15, -0.1) is 0 Å². The lowest BCUT2D eigenvalue weighted by atomic mass is 10.2. The molecule has 2 unspecified atom stereocenters. The van der Waals surface area contributed by atoms with Crippen molar-refractivity contribution >= 4 is 23.9 Å². The molecule has 0 aromatic carbocycles. The van der Waals surface area contributed by atoms with E-state index in [-0.39, 0.29) is 39.3 Å². The number of hydrogen-bond acceptors (Lipinski definition) is 9. The van der Waals surface area contributed by atoms with Crippen molar-refractivity contribution in [2.24, 2.45) is 0 Å². The van der Waals surface area contributed by atoms with Gasteiger partial charge in [-0.25, -0.2) is 14.5 Å². The molecule has 13 heteroatoms. The molecule has 2 atom stereocenters. The Kier molecular flexibility index (Phi) is 12.6. The predicted molar refractivity (Wildman–Crippen MR) is 84.3 cm³/mol. The molecule has 0 radical (unpaired) electrons. The second-order valence-electron chi connectivity index (χ2n) is 5.28. The molecule has 0 rings (SSSR count). The van der Waals surface area contributed by atoms with E-state index in [1.807, 2.05) is 0 Å². The van der Waals surface area contributed by atoms with E-state index in [4.69, 9.17) is 35.2 Å². The third kappa shape index (κ3) is 12.6. The van der Waals surface area contributed by atoms with Gasteiger partial charge in [0.05, 0.1) is 32.8 Å². The fourth-order valence-corrected chi connectivity index (χ4v) is 1.92. The van der Waals surface area contributed by atoms with Crippen LogP contribution >= 0.6 is 0 Å². The molecular formula is C14H23NO12. The highest BCUT2D eigenvalue weighted by Gasteiger charge is 2.22. The van der Waals surface area contributed by atoms with Crippen LogP contribution in [0.1, 0.15) is 12.8 Å². The molecule has 0 aromatic heterocycles. The molecule has 13 nitrogen and oxygen atoms in total. The van der Waals surface area contributed by atoms with E-state index in [9.17, 15) is 19.2 Å². The topological polar surface area (TPSA) is 200 Å². The molecule has 0 heterocycles. The minimum absolute atomic E-state index is 0.00388. The second-order valence-corrected chi connectivity index (χ2v) is 5.28. The first-order valence-electron chi connectivity index (χ1n) is 7.78. The normalized spacial score (nSPS) is 13.3. The van der Waals surface area contributed by atoms with Gasteiger partial charge in [0.25, 0.3) is 0 Å². The van der Waals surface area contributed by atoms with E-state index >= 15 is 0 Å². The fraction of sp³-hybridized carbons (Fsp3) is 0.714. The quantitative estimate of drug-likeness (QED) is 0.143. The van der Waals surface area contributed by atoms with E-state index in [2.05, 4.69) is 4.89 Å². The van der Waals surface area contributed by atoms with Crippen LogP contribution in [0.25, 0.3) is 0 Å². The first-order valence-corrected chi connectivity index (χ1v) is 7.78. The third-order valence-corrected chi connectivity index (χ3v) is 3.19. The van der Waals surface area contributed by atoms with Crippen LogP contribution in [0.5, 0.6) is 0 Å². The van der Waals surface area contributed by atoms with E-state index in [0.29, 0.717) is 0 Å². The fourth-order valence-electron chi connectivity index (χ4n) is 1.92. The van der Waals surface area contributed by atoms with Crippen molar-refractivity contribution < 1.29 is 59.2 Å². The number of nitrogens with zero attached hydrogens (tertiary/aromatic N) is 1. The molecule has 0 aliphatic carbocycles. The van der Waals surface area contributed by atoms with Crippen LogP contribution in [0, 0.1) is 0 Å². The van der Waals surface area contributed by atoms with Crippen molar-refractivity contribution in [1.29, 1.82) is 0 Å². The standard InChI is InChI=1S/C14H23NO12/c16-11(17)7-10(14(22)23)26-6-3-15(8-12(18)19)2-5-25-9(13(20)21)1-4-27-24/h9-10,24H,1-8H2,(H,16,17)(H,18,19)(H,20,21)(H,22,23). The van der Waals surface area contributed by atoms with Gasteiger partial charge in [0.1, 0.15) is 0 Å². The Balaban J connectivity index is 4.48. The summed E-state index contributed by atoms with van der Waals surface area (Å²) in [5.74, 6) is -5.28. The molecule has 0 fully saturated rings. The number of carbonyl (C=O) groups is 4. The van der Waals surface area contributed by atoms with E-state index in [1.165, 1.54) is 4.90 Å². The molecule has 0 saturated carbocycles. The minimum atomic E-state index is -1.57. The smallest absolute Gasteiger partial charge is 0.333 e. The molecule has 0 saturated heterocycles. The highest BCUT2D eigenvalue weighted by atomic mass is 17.1. The minimum Gasteiger partial charge on any atom is -0.481 e. The summed E-state index contributed by atoms with van der Waals surface area (Å²) in [6.07, 6.45) is -3.69. The monoisotopic (exact) mass is 397 g/mol. The van der Waals surface area contributed by atoms with Crippen LogP contribution in [0.3, 0.4) is 0 Å². The number of carboxylic acid groups (broad SMARTS) is 4. The van der Waals surface area contributed by atoms with Gasteiger partial charge < -0.3 is 29.9 Å². The summed E-state index contributed by atoms with van der Waals surface area (Å²) in [4.78, 5) is 48.4. The summed E-state index contributed by atoms with van der Waals surface area (Å²) in [6, 6.07) is 0. The van der Waals surface area contributed by atoms with Crippen molar-refractivity contribution in [3.8, 4) is 0 Å². The van der Waals surface area contributed by atoms with Crippen LogP contribution in [0.15, 0.2) is 0 Å². The summed E-state index contributed by atoms with van der Waals surface area (Å²) in [6.45, 7) is -1.16. The molecule has 0 amide bonds. The van der Waals surface area contributed by atoms with Gasteiger partial charge in [0.2, 0.25) is 0 Å². The number of rotatable bonds is 17. The van der Waals surface area contributed by atoms with E-state index < -0.39 is 49.1 Å². The molecule has 0 aliphatic heterocycles. The highest BCUT2D eigenvalue weighted by Crippen LogP contribution is 2.02. The lowest BCUT2D eigenvalue weighted by Gasteiger charge is -2.22. The van der Waals surface area contributed by atoms with Crippen LogP contribution in [0.2, 0.25) is 0 Å². The summed E-state index contributed by atoms with van der Waals surface area (Å²) in [7, 11) is 0. The summed E-state index contributed by atoms with van der Waals surface area (Å²) in [5.41, 5.74) is 0. The summed E-state index contributed by atoms with van der Waals surface area (Å²) in [5, 5.41) is 43.5. The number of carboxylic acids is 4. The first-order chi connectivity index (χ1) is 12.7. The number of ether oxygens (including phenoxy) is 2. The zero-order chi connectivity index (χ0) is 20.8. The second kappa shape index (κ2) is 13.8. The van der Waals surface area contributed by atoms with Crippen molar-refractivity contribution in [2.75, 3.05) is 39.5 Å². The Morgan fingerprint density at radius 1 is 0.778 bits per heavy atom. The average Bonchev–Trinajstić information content (AvgIpc) is 2.55. The lowest BCUT2D eigenvalue weighted by Crippen LogP contribution is -2.38. The van der Waals surface area contributed by atoms with Crippen molar-refractivity contribution in [2.45, 2.75) is 25.0 Å². The maximum Gasteiger partial charge on any atom is 0.333 e. The first kappa shape index (κ1) is 24.7. The largest absolute Gasteiger partial charge is 0.481 e. The van der Waals surface area contributed by atoms with Gasteiger partial charge in [-0.1, -0.05) is 0 Å². The zero-order valence-electron chi connectivity index (χ0n) is 14.4. The van der Waals surface area contributed by atoms with Crippen molar-refractivity contribution in [3.63, 3.8) is 0 Å². The zero-order valence-corrected chi connectivity index (χ0v) is 14.4. The van der Waals surface area contributed by atoms with Gasteiger partial charge in [0, 0.05) is 19.5 Å². The van der Waals surface area contributed by atoms with Gasteiger partial charge in [-0.2, -0.15) is 0 Å². The van der Waals surface area contributed by atoms with Crippen LogP contribution < -0.4 is 0 Å². The molecule has 156 valence electrons. The van der Waals surface area contributed by atoms with Gasteiger partial charge >= 0.3 is 23.9 Å². The van der Waals surface area contributed by atoms with Crippen LogP contribution in [-0.4, -0.2) is 106 Å². The highest BCUT2D eigenvalue weighted by molar-refractivity contribution is 5.79. The summed E-state index contributed by atoms with van der Waals surface area (Å²) < 4.78 is 10.0. The van der Waals surface area contributed by atoms with E-state index in [1.54, 1.807) is 0 Å². The average molecular weight is 397 g/mol. The molecule has 0 spiro atoms. The van der Waals surface area contributed by atoms with E-state index in [0.717, 1.165) is 0 Å². The number of hydrogen-bond donors (Lipinski definition) is 5. The predicted octanol–water partition coefficient (Wildman–Crippen LogP) is -1.33. The third-order valence-electron chi connectivity index (χ3n) is 3.19. The maximum absolute atomic E-state index is 11.0. The van der Waals surface area contributed by atoms with Crippen molar-refractivity contribution in [1.82, 2.24) is 4.90 Å². The van der Waals surface area contributed by atoms with Gasteiger partial charge in [0.15, 0.2) is 12.2 Å². The Labute approximate surface area is 153 Å². The number of aliphatic carboxylic acids is 4. The van der Waals surface area contributed by atoms with Crippen molar-refractivity contribution in [3.05, 3.63) is 0 Å².